The molecule has 0 bridgehead atoms. The number of hydroxylamine groups is 1. The number of aliphatic hydroxyl groups is 2. The fraction of sp³-hybridized carbons (Fsp3) is 0.692. The van der Waals surface area contributed by atoms with Gasteiger partial charge in [0.05, 0.1) is 12.3 Å². The van der Waals surface area contributed by atoms with Crippen LogP contribution in [-0.4, -0.2) is 21.6 Å². The Bertz CT molecular complexity index is 399. The van der Waals surface area contributed by atoms with Crippen molar-refractivity contribution in [3.63, 3.8) is 0 Å². The van der Waals surface area contributed by atoms with Crippen LogP contribution in [0.25, 0.3) is 0 Å². The molecule has 5 nitrogen and oxygen atoms in total. The van der Waals surface area contributed by atoms with Gasteiger partial charge >= 0.3 is 0 Å². The van der Waals surface area contributed by atoms with Gasteiger partial charge in [-0.2, -0.15) is 5.48 Å². The van der Waals surface area contributed by atoms with Gasteiger partial charge < -0.3 is 14.6 Å². The summed E-state index contributed by atoms with van der Waals surface area (Å²) in [5.74, 6) is -0.810. The zero-order valence-electron chi connectivity index (χ0n) is 10.3. The number of hydrogen-bond donors (Lipinski definition) is 3. The predicted octanol–water partition coefficient (Wildman–Crippen LogP) is 1.63. The lowest BCUT2D eigenvalue weighted by Crippen LogP contribution is -2.55. The largest absolute Gasteiger partial charge is 0.468 e. The van der Waals surface area contributed by atoms with E-state index >= 15 is 0 Å². The second kappa shape index (κ2) is 4.35. The van der Waals surface area contributed by atoms with Crippen LogP contribution in [0.5, 0.6) is 0 Å². The second-order valence-corrected chi connectivity index (χ2v) is 5.37. The molecule has 2 aliphatic rings. The molecule has 2 heterocycles. The van der Waals surface area contributed by atoms with Crippen LogP contribution in [0.3, 0.4) is 0 Å². The Balaban J connectivity index is 1.76. The van der Waals surface area contributed by atoms with Crippen LogP contribution in [0.1, 0.15) is 50.3 Å². The highest BCUT2D eigenvalue weighted by Gasteiger charge is 2.56. The zero-order valence-corrected chi connectivity index (χ0v) is 10.3. The summed E-state index contributed by atoms with van der Waals surface area (Å²) >= 11 is 0. The van der Waals surface area contributed by atoms with E-state index in [9.17, 15) is 10.2 Å². The molecule has 0 aromatic carbocycles. The molecule has 2 atom stereocenters. The van der Waals surface area contributed by atoms with E-state index in [1.807, 2.05) is 6.07 Å². The average molecular weight is 253 g/mol. The van der Waals surface area contributed by atoms with Gasteiger partial charge in [-0.05, 0) is 25.0 Å². The van der Waals surface area contributed by atoms with Crippen molar-refractivity contribution in [1.82, 2.24) is 5.48 Å². The first-order valence-corrected chi connectivity index (χ1v) is 6.55. The molecule has 0 spiro atoms. The lowest BCUT2D eigenvalue weighted by molar-refractivity contribution is -0.303. The Kier molecular flexibility index (Phi) is 2.94. The summed E-state index contributed by atoms with van der Waals surface area (Å²) in [6.45, 7) is 0. The van der Waals surface area contributed by atoms with E-state index in [1.165, 1.54) is 0 Å². The smallest absolute Gasteiger partial charge is 0.216 e. The number of rotatable bonds is 2. The van der Waals surface area contributed by atoms with E-state index in [2.05, 4.69) is 5.48 Å². The average Bonchev–Trinajstić information content (AvgIpc) is 2.99. The maximum Gasteiger partial charge on any atom is 0.216 e. The highest BCUT2D eigenvalue weighted by Crippen LogP contribution is 2.44. The minimum absolute atomic E-state index is 0.212. The third-order valence-electron chi connectivity index (χ3n) is 4.15. The van der Waals surface area contributed by atoms with Crippen molar-refractivity contribution >= 4 is 0 Å². The van der Waals surface area contributed by atoms with Gasteiger partial charge in [0.1, 0.15) is 11.4 Å². The van der Waals surface area contributed by atoms with Crippen molar-refractivity contribution in [2.45, 2.75) is 56.0 Å². The Hall–Kier alpha value is -0.880. The lowest BCUT2D eigenvalue weighted by atomic mass is 9.77. The van der Waals surface area contributed by atoms with Gasteiger partial charge in [0.2, 0.25) is 5.79 Å². The van der Waals surface area contributed by atoms with Crippen LogP contribution >= 0.6 is 0 Å². The summed E-state index contributed by atoms with van der Waals surface area (Å²) in [5.41, 5.74) is 1.62. The maximum atomic E-state index is 10.6. The molecular formula is C13H19NO4. The molecule has 1 aliphatic heterocycles. The van der Waals surface area contributed by atoms with Crippen LogP contribution in [-0.2, 0) is 4.84 Å². The van der Waals surface area contributed by atoms with E-state index in [0.29, 0.717) is 25.0 Å². The van der Waals surface area contributed by atoms with E-state index in [0.717, 1.165) is 19.3 Å². The van der Waals surface area contributed by atoms with Crippen molar-refractivity contribution in [2.75, 3.05) is 0 Å². The fourth-order valence-electron chi connectivity index (χ4n) is 2.99. The van der Waals surface area contributed by atoms with Crippen molar-refractivity contribution in [2.24, 2.45) is 0 Å². The molecule has 0 radical (unpaired) electrons. The van der Waals surface area contributed by atoms with Crippen LogP contribution < -0.4 is 5.48 Å². The Morgan fingerprint density at radius 2 is 2.00 bits per heavy atom. The van der Waals surface area contributed by atoms with Crippen LogP contribution in [0.15, 0.2) is 22.8 Å². The minimum atomic E-state index is -1.52. The molecule has 18 heavy (non-hydrogen) atoms. The fourth-order valence-corrected chi connectivity index (χ4v) is 2.99. The van der Waals surface area contributed by atoms with E-state index in [-0.39, 0.29) is 6.04 Å². The van der Waals surface area contributed by atoms with Gasteiger partial charge in [-0.25, -0.2) is 0 Å². The van der Waals surface area contributed by atoms with Gasteiger partial charge in [-0.1, -0.05) is 19.3 Å². The Morgan fingerprint density at radius 3 is 2.67 bits per heavy atom. The second-order valence-electron chi connectivity index (χ2n) is 5.37. The molecule has 0 amide bonds. The third-order valence-corrected chi connectivity index (χ3v) is 4.15. The topological polar surface area (TPSA) is 74.9 Å². The monoisotopic (exact) mass is 253 g/mol. The van der Waals surface area contributed by atoms with Crippen molar-refractivity contribution in [3.8, 4) is 0 Å². The summed E-state index contributed by atoms with van der Waals surface area (Å²) in [6, 6.07) is 3.41. The predicted molar refractivity (Wildman–Crippen MR) is 63.3 cm³/mol. The van der Waals surface area contributed by atoms with Crippen molar-refractivity contribution < 1.29 is 19.5 Å². The number of furan rings is 1. The van der Waals surface area contributed by atoms with E-state index in [4.69, 9.17) is 9.25 Å². The molecule has 2 fully saturated rings. The zero-order chi connectivity index (χ0) is 12.6. The van der Waals surface area contributed by atoms with Crippen molar-refractivity contribution in [3.05, 3.63) is 24.2 Å². The molecule has 5 heteroatoms. The van der Waals surface area contributed by atoms with E-state index in [1.54, 1.807) is 12.3 Å². The molecular weight excluding hydrogens is 234 g/mol. The first kappa shape index (κ1) is 12.2. The Morgan fingerprint density at radius 1 is 1.22 bits per heavy atom. The molecule has 1 saturated heterocycles. The molecule has 1 saturated carbocycles. The number of hydrogen-bond acceptors (Lipinski definition) is 5. The summed E-state index contributed by atoms with van der Waals surface area (Å²) in [4.78, 5) is 5.31. The SMILES string of the molecule is OC1([C@@]2(O)C[C@H](c3ccco3)NO2)CCCCC1. The lowest BCUT2D eigenvalue weighted by Gasteiger charge is -2.41. The van der Waals surface area contributed by atoms with Gasteiger partial charge in [0, 0.05) is 6.42 Å². The van der Waals surface area contributed by atoms with Crippen LogP contribution in [0, 0.1) is 0 Å². The summed E-state index contributed by atoms with van der Waals surface area (Å²) in [6.07, 6.45) is 6.00. The maximum absolute atomic E-state index is 10.6. The summed E-state index contributed by atoms with van der Waals surface area (Å²) < 4.78 is 5.30. The molecule has 3 rings (SSSR count). The molecule has 1 aromatic heterocycles. The molecule has 1 aliphatic carbocycles. The highest BCUT2D eigenvalue weighted by atomic mass is 16.8. The number of nitrogens with one attached hydrogen (secondary N) is 1. The van der Waals surface area contributed by atoms with E-state index < -0.39 is 11.4 Å². The molecule has 0 unspecified atom stereocenters. The van der Waals surface area contributed by atoms with Gasteiger partial charge in [0.15, 0.2) is 0 Å². The van der Waals surface area contributed by atoms with Crippen LogP contribution in [0.4, 0.5) is 0 Å². The first-order valence-electron chi connectivity index (χ1n) is 6.55. The quantitative estimate of drug-likeness (QED) is 0.747. The normalized spacial score (nSPS) is 35.8. The molecule has 100 valence electrons. The summed E-state index contributed by atoms with van der Waals surface area (Å²) in [5, 5.41) is 21.2. The molecule has 1 aromatic rings. The summed E-state index contributed by atoms with van der Waals surface area (Å²) in [7, 11) is 0. The van der Waals surface area contributed by atoms with Gasteiger partial charge in [0.25, 0.3) is 0 Å². The minimum Gasteiger partial charge on any atom is -0.468 e. The first-order chi connectivity index (χ1) is 8.63. The van der Waals surface area contributed by atoms with Gasteiger partial charge in [-0.15, -0.1) is 0 Å². The third kappa shape index (κ3) is 1.87. The van der Waals surface area contributed by atoms with Gasteiger partial charge in [-0.3, -0.25) is 4.84 Å². The Labute approximate surface area is 106 Å². The standard InChI is InChI=1S/C13H19NO4/c15-12(6-2-1-3-7-12)13(16)9-10(14-18-13)11-5-4-8-17-11/h4-5,8,10,14-16H,1-3,6-7,9H2/t10-,13-/m1/s1. The molecule has 3 N–H and O–H groups in total. The van der Waals surface area contributed by atoms with Crippen LogP contribution in [0.2, 0.25) is 0 Å². The van der Waals surface area contributed by atoms with Crippen molar-refractivity contribution in [1.29, 1.82) is 0 Å². The highest BCUT2D eigenvalue weighted by molar-refractivity contribution is 5.09.